The number of hydrogen-bond acceptors (Lipinski definition) is 6. The molecule has 1 unspecified atom stereocenters. The standard InChI is InChI=1S/C28H29NO5/c1-3-32-27(28(30)31-2)17-21-13-15-23(16-14-21)33-20-24-19-29(18-22-9-5-4-6-10-22)25-11-7-8-12-26(25)34-24/h4-17,24H,3,18-20H2,1-2H3/b27-17-. The number of carbonyl (C=O) groups is 1. The smallest absolute Gasteiger partial charge is 0.373 e. The van der Waals surface area contributed by atoms with Crippen molar-refractivity contribution in [3.8, 4) is 11.5 Å². The summed E-state index contributed by atoms with van der Waals surface area (Å²) in [5.74, 6) is 1.26. The zero-order chi connectivity index (χ0) is 23.8. The van der Waals surface area contributed by atoms with Gasteiger partial charge in [-0.25, -0.2) is 4.79 Å². The molecule has 6 heteroatoms. The minimum atomic E-state index is -0.503. The molecule has 0 spiro atoms. The quantitative estimate of drug-likeness (QED) is 0.253. The number of para-hydroxylation sites is 2. The highest BCUT2D eigenvalue weighted by Crippen LogP contribution is 2.34. The molecule has 6 nitrogen and oxygen atoms in total. The maximum absolute atomic E-state index is 11.8. The third-order valence-corrected chi connectivity index (χ3v) is 5.44. The van der Waals surface area contributed by atoms with Crippen LogP contribution in [-0.2, 0) is 20.8 Å². The molecule has 0 aliphatic carbocycles. The van der Waals surface area contributed by atoms with E-state index < -0.39 is 5.97 Å². The molecular weight excluding hydrogens is 430 g/mol. The van der Waals surface area contributed by atoms with Crippen LogP contribution in [0.4, 0.5) is 5.69 Å². The van der Waals surface area contributed by atoms with Crippen molar-refractivity contribution in [2.45, 2.75) is 19.6 Å². The number of fused-ring (bicyclic) bond motifs is 1. The Kier molecular flexibility index (Phi) is 7.71. The second-order valence-corrected chi connectivity index (χ2v) is 7.89. The average Bonchev–Trinajstić information content (AvgIpc) is 2.88. The molecule has 34 heavy (non-hydrogen) atoms. The molecule has 176 valence electrons. The molecule has 0 aromatic heterocycles. The number of anilines is 1. The Morgan fingerprint density at radius 3 is 2.50 bits per heavy atom. The van der Waals surface area contributed by atoms with Gasteiger partial charge in [-0.05, 0) is 48.4 Å². The largest absolute Gasteiger partial charge is 0.490 e. The van der Waals surface area contributed by atoms with Gasteiger partial charge in [0.1, 0.15) is 18.1 Å². The molecule has 1 aliphatic rings. The molecule has 0 saturated heterocycles. The Labute approximate surface area is 200 Å². The Morgan fingerprint density at radius 2 is 1.76 bits per heavy atom. The molecule has 0 bridgehead atoms. The normalized spacial score (nSPS) is 15.2. The number of nitrogens with zero attached hydrogens (tertiary/aromatic N) is 1. The van der Waals surface area contributed by atoms with Crippen LogP contribution in [0.15, 0.2) is 84.6 Å². The lowest BCUT2D eigenvalue weighted by Gasteiger charge is -2.36. The summed E-state index contributed by atoms with van der Waals surface area (Å²) in [6.45, 7) is 4.15. The van der Waals surface area contributed by atoms with Crippen LogP contribution in [0.3, 0.4) is 0 Å². The first-order valence-corrected chi connectivity index (χ1v) is 11.4. The van der Waals surface area contributed by atoms with Crippen LogP contribution in [-0.4, -0.2) is 38.9 Å². The molecule has 3 aromatic rings. The zero-order valence-electron chi connectivity index (χ0n) is 19.5. The Morgan fingerprint density at radius 1 is 1.03 bits per heavy atom. The van der Waals surface area contributed by atoms with Crippen LogP contribution in [0.5, 0.6) is 11.5 Å². The Hall–Kier alpha value is -3.93. The van der Waals surface area contributed by atoms with E-state index in [9.17, 15) is 4.79 Å². The molecule has 3 aromatic carbocycles. The number of hydrogen-bond donors (Lipinski definition) is 0. The minimum Gasteiger partial charge on any atom is -0.490 e. The van der Waals surface area contributed by atoms with Crippen molar-refractivity contribution < 1.29 is 23.7 Å². The lowest BCUT2D eigenvalue weighted by atomic mass is 10.1. The van der Waals surface area contributed by atoms with Crippen molar-refractivity contribution in [3.63, 3.8) is 0 Å². The SMILES string of the molecule is CCO/C(=C\c1ccc(OCC2CN(Cc3ccccc3)c3ccccc3O2)cc1)C(=O)OC. The average molecular weight is 460 g/mol. The number of esters is 1. The van der Waals surface area contributed by atoms with Gasteiger partial charge in [-0.2, -0.15) is 0 Å². The maximum atomic E-state index is 11.8. The van der Waals surface area contributed by atoms with E-state index in [2.05, 4.69) is 35.2 Å². The van der Waals surface area contributed by atoms with Crippen molar-refractivity contribution in [1.29, 1.82) is 0 Å². The highest BCUT2D eigenvalue weighted by atomic mass is 16.6. The van der Waals surface area contributed by atoms with Gasteiger partial charge in [0.25, 0.3) is 0 Å². The van der Waals surface area contributed by atoms with Gasteiger partial charge in [0.2, 0.25) is 5.76 Å². The van der Waals surface area contributed by atoms with Gasteiger partial charge in [-0.15, -0.1) is 0 Å². The topological polar surface area (TPSA) is 57.2 Å². The summed E-state index contributed by atoms with van der Waals surface area (Å²) < 4.78 is 22.4. The third kappa shape index (κ3) is 5.90. The van der Waals surface area contributed by atoms with E-state index >= 15 is 0 Å². The summed E-state index contributed by atoms with van der Waals surface area (Å²) in [6.07, 6.45) is 1.55. The molecule has 4 rings (SSSR count). The molecule has 0 amide bonds. The first-order valence-electron chi connectivity index (χ1n) is 11.4. The fraction of sp³-hybridized carbons (Fsp3) is 0.250. The van der Waals surface area contributed by atoms with Crippen LogP contribution in [0.25, 0.3) is 6.08 Å². The van der Waals surface area contributed by atoms with Gasteiger partial charge in [0.15, 0.2) is 6.10 Å². The van der Waals surface area contributed by atoms with Crippen LogP contribution in [0.2, 0.25) is 0 Å². The Balaban J connectivity index is 1.41. The van der Waals surface area contributed by atoms with Crippen molar-refractivity contribution in [1.82, 2.24) is 0 Å². The lowest BCUT2D eigenvalue weighted by Crippen LogP contribution is -2.42. The van der Waals surface area contributed by atoms with Crippen LogP contribution in [0, 0.1) is 0 Å². The van der Waals surface area contributed by atoms with E-state index in [1.165, 1.54) is 12.7 Å². The van der Waals surface area contributed by atoms with Gasteiger partial charge >= 0.3 is 5.97 Å². The van der Waals surface area contributed by atoms with Crippen molar-refractivity contribution in [3.05, 3.63) is 95.7 Å². The molecule has 0 radical (unpaired) electrons. The van der Waals surface area contributed by atoms with Gasteiger partial charge in [0.05, 0.1) is 25.9 Å². The molecule has 0 N–H and O–H groups in total. The second-order valence-electron chi connectivity index (χ2n) is 7.89. The second kappa shape index (κ2) is 11.3. The first kappa shape index (κ1) is 23.2. The molecule has 1 atom stereocenters. The third-order valence-electron chi connectivity index (χ3n) is 5.44. The molecule has 0 fully saturated rings. The number of ether oxygens (including phenoxy) is 4. The summed E-state index contributed by atoms with van der Waals surface area (Å²) >= 11 is 0. The maximum Gasteiger partial charge on any atom is 0.373 e. The Bertz CT molecular complexity index is 1110. The van der Waals surface area contributed by atoms with E-state index in [1.54, 1.807) is 6.08 Å². The zero-order valence-corrected chi connectivity index (χ0v) is 19.5. The number of rotatable bonds is 9. The summed E-state index contributed by atoms with van der Waals surface area (Å²) in [7, 11) is 1.33. The highest BCUT2D eigenvalue weighted by Gasteiger charge is 2.26. The number of carbonyl (C=O) groups excluding carboxylic acids is 1. The molecule has 0 saturated carbocycles. The van der Waals surface area contributed by atoms with Crippen molar-refractivity contribution in [2.24, 2.45) is 0 Å². The summed E-state index contributed by atoms with van der Waals surface area (Å²) in [5, 5.41) is 0. The monoisotopic (exact) mass is 459 g/mol. The number of methoxy groups -OCH3 is 1. The lowest BCUT2D eigenvalue weighted by molar-refractivity contribution is -0.139. The van der Waals surface area contributed by atoms with E-state index in [4.69, 9.17) is 18.9 Å². The van der Waals surface area contributed by atoms with Crippen molar-refractivity contribution >= 4 is 17.7 Å². The van der Waals surface area contributed by atoms with Gasteiger partial charge in [-0.3, -0.25) is 0 Å². The van der Waals surface area contributed by atoms with Gasteiger partial charge in [0, 0.05) is 6.54 Å². The number of benzene rings is 3. The highest BCUT2D eigenvalue weighted by molar-refractivity contribution is 5.91. The fourth-order valence-electron chi connectivity index (χ4n) is 3.84. The predicted molar refractivity (Wildman–Crippen MR) is 132 cm³/mol. The van der Waals surface area contributed by atoms with E-state index in [0.717, 1.165) is 35.8 Å². The first-order chi connectivity index (χ1) is 16.7. The predicted octanol–water partition coefficient (Wildman–Crippen LogP) is 5.08. The van der Waals surface area contributed by atoms with E-state index in [0.29, 0.717) is 13.2 Å². The fourth-order valence-corrected chi connectivity index (χ4v) is 3.84. The van der Waals surface area contributed by atoms with Crippen molar-refractivity contribution in [2.75, 3.05) is 31.8 Å². The molecule has 1 aliphatic heterocycles. The summed E-state index contributed by atoms with van der Waals surface area (Å²) in [4.78, 5) is 14.2. The molecular formula is C28H29NO5. The minimum absolute atomic E-state index is 0.109. The van der Waals surface area contributed by atoms with Crippen LogP contribution < -0.4 is 14.4 Å². The van der Waals surface area contributed by atoms with Crippen LogP contribution in [0.1, 0.15) is 18.1 Å². The summed E-state index contributed by atoms with van der Waals surface area (Å²) in [6, 6.07) is 26.0. The summed E-state index contributed by atoms with van der Waals surface area (Å²) in [5.41, 5.74) is 3.16. The van der Waals surface area contributed by atoms with Crippen LogP contribution >= 0.6 is 0 Å². The van der Waals surface area contributed by atoms with Gasteiger partial charge < -0.3 is 23.8 Å². The molecule has 1 heterocycles. The van der Waals surface area contributed by atoms with E-state index in [1.807, 2.05) is 55.5 Å². The van der Waals surface area contributed by atoms with E-state index in [-0.39, 0.29) is 11.9 Å². The van der Waals surface area contributed by atoms with Gasteiger partial charge in [-0.1, -0.05) is 54.6 Å².